The Hall–Kier alpha value is -1.96. The van der Waals surface area contributed by atoms with E-state index in [2.05, 4.69) is 15.1 Å². The minimum absolute atomic E-state index is 0.0145. The number of nitrogens with zero attached hydrogens (tertiary/aromatic N) is 3. The number of anilines is 1. The van der Waals surface area contributed by atoms with Crippen LogP contribution in [-0.2, 0) is 9.59 Å². The van der Waals surface area contributed by atoms with Gasteiger partial charge in [0.25, 0.3) is 0 Å². The molecule has 160 valence electrons. The summed E-state index contributed by atoms with van der Waals surface area (Å²) in [4.78, 5) is 31.5. The predicted molar refractivity (Wildman–Crippen MR) is 114 cm³/mol. The van der Waals surface area contributed by atoms with Crippen LogP contribution >= 0.6 is 0 Å². The average molecular weight is 403 g/mol. The Morgan fingerprint density at radius 1 is 1.14 bits per heavy atom. The number of hydrogen-bond acceptors (Lipinski definition) is 5. The number of piperazine rings is 1. The van der Waals surface area contributed by atoms with E-state index in [1.165, 1.54) is 0 Å². The van der Waals surface area contributed by atoms with Crippen LogP contribution in [0, 0.1) is 13.8 Å². The van der Waals surface area contributed by atoms with Gasteiger partial charge in [-0.1, -0.05) is 18.2 Å². The van der Waals surface area contributed by atoms with E-state index in [4.69, 9.17) is 5.11 Å². The van der Waals surface area contributed by atoms with E-state index in [9.17, 15) is 9.59 Å². The maximum Gasteiger partial charge on any atom is 0.238 e. The third-order valence-corrected chi connectivity index (χ3v) is 5.91. The molecule has 3 rings (SSSR count). The zero-order valence-corrected chi connectivity index (χ0v) is 17.7. The molecule has 1 heterocycles. The number of β-amino-alcohol motifs (C(OH)–C–C–N with tert-alkyl or cyclic N) is 1. The minimum atomic E-state index is -0.0145. The van der Waals surface area contributed by atoms with Gasteiger partial charge in [-0.3, -0.25) is 19.4 Å². The molecule has 0 bridgehead atoms. The summed E-state index contributed by atoms with van der Waals surface area (Å²) < 4.78 is 0. The molecule has 7 nitrogen and oxygen atoms in total. The summed E-state index contributed by atoms with van der Waals surface area (Å²) >= 11 is 0. The second-order valence-corrected chi connectivity index (χ2v) is 8.21. The predicted octanol–water partition coefficient (Wildman–Crippen LogP) is 1.23. The van der Waals surface area contributed by atoms with E-state index >= 15 is 0 Å². The number of aliphatic hydroxyl groups excluding tert-OH is 1. The Bertz CT molecular complexity index is 692. The largest absolute Gasteiger partial charge is 0.395 e. The van der Waals surface area contributed by atoms with Crippen LogP contribution in [0.1, 0.15) is 30.4 Å². The fourth-order valence-corrected chi connectivity index (χ4v) is 3.97. The second kappa shape index (κ2) is 10.2. The highest BCUT2D eigenvalue weighted by molar-refractivity contribution is 5.93. The van der Waals surface area contributed by atoms with Gasteiger partial charge in [0.2, 0.25) is 11.8 Å². The molecule has 0 unspecified atom stereocenters. The molecule has 2 aliphatic rings. The van der Waals surface area contributed by atoms with Crippen LogP contribution < -0.4 is 5.32 Å². The lowest BCUT2D eigenvalue weighted by Crippen LogP contribution is -2.50. The van der Waals surface area contributed by atoms with Gasteiger partial charge in [-0.25, -0.2) is 0 Å². The first-order valence-electron chi connectivity index (χ1n) is 10.7. The number of benzene rings is 1. The molecular weight excluding hydrogens is 368 g/mol. The fraction of sp³-hybridized carbons (Fsp3) is 0.636. The number of para-hydroxylation sites is 1. The van der Waals surface area contributed by atoms with Gasteiger partial charge in [-0.05, 0) is 37.8 Å². The minimum Gasteiger partial charge on any atom is -0.395 e. The molecule has 1 aromatic carbocycles. The van der Waals surface area contributed by atoms with E-state index < -0.39 is 0 Å². The van der Waals surface area contributed by atoms with Crippen LogP contribution in [0.2, 0.25) is 0 Å². The van der Waals surface area contributed by atoms with E-state index in [1.54, 1.807) is 0 Å². The first-order valence-corrected chi connectivity index (χ1v) is 10.7. The summed E-state index contributed by atoms with van der Waals surface area (Å²) in [5, 5.41) is 12.1. The number of rotatable bonds is 9. The first kappa shape index (κ1) is 21.7. The first-order chi connectivity index (χ1) is 14.0. The maximum atomic E-state index is 12.6. The van der Waals surface area contributed by atoms with Crippen molar-refractivity contribution in [1.29, 1.82) is 0 Å². The molecule has 2 N–H and O–H groups in total. The van der Waals surface area contributed by atoms with Crippen molar-refractivity contribution in [1.82, 2.24) is 14.7 Å². The Balaban J connectivity index is 1.47. The van der Waals surface area contributed by atoms with Crippen molar-refractivity contribution in [2.75, 3.05) is 57.7 Å². The molecule has 1 saturated heterocycles. The van der Waals surface area contributed by atoms with Crippen LogP contribution in [0.5, 0.6) is 0 Å². The molecule has 0 radical (unpaired) electrons. The van der Waals surface area contributed by atoms with Gasteiger partial charge in [0.05, 0.1) is 13.2 Å². The summed E-state index contributed by atoms with van der Waals surface area (Å²) in [6.07, 6.45) is 2.66. The second-order valence-electron chi connectivity index (χ2n) is 8.21. The molecule has 2 fully saturated rings. The zero-order chi connectivity index (χ0) is 20.8. The molecule has 1 aliphatic carbocycles. The molecule has 1 aliphatic heterocycles. The third kappa shape index (κ3) is 6.26. The zero-order valence-electron chi connectivity index (χ0n) is 17.7. The number of amides is 2. The van der Waals surface area contributed by atoms with Crippen LogP contribution in [-0.4, -0.2) is 90.1 Å². The molecule has 0 aromatic heterocycles. The Labute approximate surface area is 173 Å². The van der Waals surface area contributed by atoms with Gasteiger partial charge < -0.3 is 15.3 Å². The van der Waals surface area contributed by atoms with Crippen molar-refractivity contribution in [3.05, 3.63) is 29.3 Å². The summed E-state index contributed by atoms with van der Waals surface area (Å²) in [6, 6.07) is 6.42. The van der Waals surface area contributed by atoms with Gasteiger partial charge in [-0.2, -0.15) is 0 Å². The summed E-state index contributed by atoms with van der Waals surface area (Å²) in [5.41, 5.74) is 3.02. The van der Waals surface area contributed by atoms with Crippen molar-refractivity contribution in [2.24, 2.45) is 0 Å². The van der Waals surface area contributed by atoms with E-state index in [0.717, 1.165) is 55.8 Å². The summed E-state index contributed by atoms with van der Waals surface area (Å²) in [6.45, 7) is 8.86. The Morgan fingerprint density at radius 2 is 1.79 bits per heavy atom. The summed E-state index contributed by atoms with van der Waals surface area (Å²) in [7, 11) is 0. The SMILES string of the molecule is Cc1cccc(C)c1NC(=O)CN(CCC(=O)N1CCN(CCO)CC1)C1CC1. The number of aryl methyl sites for hydroxylation is 2. The van der Waals surface area contributed by atoms with Crippen LogP contribution in [0.4, 0.5) is 5.69 Å². The molecule has 0 spiro atoms. The molecular formula is C22H34N4O3. The van der Waals surface area contributed by atoms with Crippen LogP contribution in [0.25, 0.3) is 0 Å². The normalized spacial score (nSPS) is 17.6. The van der Waals surface area contributed by atoms with Gasteiger partial charge in [0, 0.05) is 57.4 Å². The van der Waals surface area contributed by atoms with Crippen LogP contribution in [0.3, 0.4) is 0 Å². The average Bonchev–Trinajstić information content (AvgIpc) is 3.54. The van der Waals surface area contributed by atoms with Crippen LogP contribution in [0.15, 0.2) is 18.2 Å². The lowest BCUT2D eigenvalue weighted by molar-refractivity contribution is -0.133. The molecule has 29 heavy (non-hydrogen) atoms. The third-order valence-electron chi connectivity index (χ3n) is 5.91. The highest BCUT2D eigenvalue weighted by Crippen LogP contribution is 2.27. The maximum absolute atomic E-state index is 12.6. The summed E-state index contributed by atoms with van der Waals surface area (Å²) in [5.74, 6) is 0.147. The van der Waals surface area contributed by atoms with Crippen molar-refractivity contribution in [2.45, 2.75) is 39.2 Å². The Morgan fingerprint density at radius 3 is 2.38 bits per heavy atom. The highest BCUT2D eigenvalue weighted by atomic mass is 16.3. The quantitative estimate of drug-likeness (QED) is 0.650. The lowest BCUT2D eigenvalue weighted by atomic mass is 10.1. The van der Waals surface area contributed by atoms with E-state index in [1.807, 2.05) is 36.9 Å². The number of nitrogens with one attached hydrogen (secondary N) is 1. The number of carbonyl (C=O) groups is 2. The number of carbonyl (C=O) groups excluding carboxylic acids is 2. The molecule has 1 aromatic rings. The van der Waals surface area contributed by atoms with E-state index in [-0.39, 0.29) is 18.4 Å². The Kier molecular flexibility index (Phi) is 7.64. The van der Waals surface area contributed by atoms with Crippen molar-refractivity contribution in [3.8, 4) is 0 Å². The van der Waals surface area contributed by atoms with Crippen molar-refractivity contribution < 1.29 is 14.7 Å². The standard InChI is InChI=1S/C22H34N4O3/c1-17-4-3-5-18(2)22(17)23-20(28)16-26(19-6-7-19)9-8-21(29)25-12-10-24(11-13-25)14-15-27/h3-5,19,27H,6-16H2,1-2H3,(H,23,28). The smallest absolute Gasteiger partial charge is 0.238 e. The molecule has 0 atom stereocenters. The lowest BCUT2D eigenvalue weighted by Gasteiger charge is -2.34. The monoisotopic (exact) mass is 402 g/mol. The van der Waals surface area contributed by atoms with Gasteiger partial charge in [0.15, 0.2) is 0 Å². The molecule has 2 amide bonds. The van der Waals surface area contributed by atoms with Crippen molar-refractivity contribution in [3.63, 3.8) is 0 Å². The van der Waals surface area contributed by atoms with Gasteiger partial charge >= 0.3 is 0 Å². The van der Waals surface area contributed by atoms with Gasteiger partial charge in [0.1, 0.15) is 0 Å². The number of aliphatic hydroxyl groups is 1. The molecule has 1 saturated carbocycles. The topological polar surface area (TPSA) is 76.1 Å². The molecule has 7 heteroatoms. The fourth-order valence-electron chi connectivity index (χ4n) is 3.97. The highest BCUT2D eigenvalue weighted by Gasteiger charge is 2.31. The number of hydrogen-bond donors (Lipinski definition) is 2. The van der Waals surface area contributed by atoms with Gasteiger partial charge in [-0.15, -0.1) is 0 Å². The van der Waals surface area contributed by atoms with Crippen molar-refractivity contribution >= 4 is 17.5 Å². The van der Waals surface area contributed by atoms with E-state index in [0.29, 0.717) is 32.1 Å².